The molecule has 1 unspecified atom stereocenters. The van der Waals surface area contributed by atoms with E-state index >= 15 is 0 Å². The summed E-state index contributed by atoms with van der Waals surface area (Å²) < 4.78 is 3.43. The highest BCUT2D eigenvalue weighted by Crippen LogP contribution is 2.24. The third-order valence-electron chi connectivity index (χ3n) is 3.21. The van der Waals surface area contributed by atoms with Crippen molar-refractivity contribution < 1.29 is 9.90 Å². The van der Waals surface area contributed by atoms with Crippen LogP contribution in [-0.4, -0.2) is 30.0 Å². The van der Waals surface area contributed by atoms with E-state index in [1.54, 1.807) is 47.9 Å². The standard InChI is InChI=1S/C13H18N4O2/c1-13(19,12-15-7-9-17(12)3)5-4-10(18)11-14-6-8-16(11)2/h6-9,19H,4-5H2,1-3H3. The second-order valence-corrected chi connectivity index (χ2v) is 4.92. The Hall–Kier alpha value is -1.95. The van der Waals surface area contributed by atoms with E-state index in [1.165, 1.54) is 0 Å². The number of nitrogens with zero attached hydrogens (tertiary/aromatic N) is 4. The van der Waals surface area contributed by atoms with Crippen molar-refractivity contribution in [1.82, 2.24) is 19.1 Å². The number of Topliss-reactive ketones (excluding diaryl/α,β-unsaturated/α-hetero) is 1. The van der Waals surface area contributed by atoms with Gasteiger partial charge < -0.3 is 14.2 Å². The number of aliphatic hydroxyl groups is 1. The average Bonchev–Trinajstić information content (AvgIpc) is 2.95. The molecule has 1 N–H and O–H groups in total. The first kappa shape index (κ1) is 13.5. The fourth-order valence-electron chi connectivity index (χ4n) is 2.10. The molecule has 2 heterocycles. The van der Waals surface area contributed by atoms with Gasteiger partial charge >= 0.3 is 0 Å². The number of hydrogen-bond acceptors (Lipinski definition) is 4. The van der Waals surface area contributed by atoms with E-state index in [4.69, 9.17) is 0 Å². The average molecular weight is 262 g/mol. The lowest BCUT2D eigenvalue weighted by atomic mass is 9.97. The Balaban J connectivity index is 2.05. The molecule has 0 fully saturated rings. The topological polar surface area (TPSA) is 72.9 Å². The number of rotatable bonds is 5. The van der Waals surface area contributed by atoms with Crippen LogP contribution in [0.4, 0.5) is 0 Å². The fraction of sp³-hybridized carbons (Fsp3) is 0.462. The zero-order valence-electron chi connectivity index (χ0n) is 11.4. The summed E-state index contributed by atoms with van der Waals surface area (Å²) in [5, 5.41) is 10.4. The summed E-state index contributed by atoms with van der Waals surface area (Å²) >= 11 is 0. The van der Waals surface area contributed by atoms with Crippen molar-refractivity contribution in [2.75, 3.05) is 0 Å². The molecule has 6 nitrogen and oxygen atoms in total. The molecule has 0 saturated carbocycles. The van der Waals surface area contributed by atoms with Crippen molar-refractivity contribution in [3.8, 4) is 0 Å². The van der Waals surface area contributed by atoms with Gasteiger partial charge in [0.05, 0.1) is 0 Å². The Bertz CT molecular complexity index is 583. The maximum atomic E-state index is 12.0. The summed E-state index contributed by atoms with van der Waals surface area (Å²) in [5.74, 6) is 0.887. The second kappa shape index (κ2) is 4.97. The Morgan fingerprint density at radius 1 is 1.26 bits per heavy atom. The third kappa shape index (κ3) is 2.73. The smallest absolute Gasteiger partial charge is 0.198 e. The molecule has 0 aromatic carbocycles. The number of carbonyl (C=O) groups excluding carboxylic acids is 1. The van der Waals surface area contributed by atoms with E-state index < -0.39 is 5.60 Å². The Morgan fingerprint density at radius 3 is 2.42 bits per heavy atom. The van der Waals surface area contributed by atoms with Gasteiger partial charge in [-0.3, -0.25) is 4.79 Å². The highest BCUT2D eigenvalue weighted by molar-refractivity contribution is 5.92. The van der Waals surface area contributed by atoms with Gasteiger partial charge in [-0.1, -0.05) is 0 Å². The van der Waals surface area contributed by atoms with E-state index in [9.17, 15) is 9.90 Å². The second-order valence-electron chi connectivity index (χ2n) is 4.92. The normalized spacial score (nSPS) is 14.3. The third-order valence-corrected chi connectivity index (χ3v) is 3.21. The van der Waals surface area contributed by atoms with Crippen molar-refractivity contribution in [1.29, 1.82) is 0 Å². The van der Waals surface area contributed by atoms with Crippen LogP contribution in [-0.2, 0) is 19.7 Å². The zero-order valence-corrected chi connectivity index (χ0v) is 11.4. The van der Waals surface area contributed by atoms with Crippen molar-refractivity contribution >= 4 is 5.78 Å². The minimum absolute atomic E-state index is 0.0815. The quantitative estimate of drug-likeness (QED) is 0.817. The molecule has 0 bridgehead atoms. The number of carbonyl (C=O) groups is 1. The van der Waals surface area contributed by atoms with Gasteiger partial charge in [0.25, 0.3) is 0 Å². The van der Waals surface area contributed by atoms with Crippen molar-refractivity contribution in [3.05, 3.63) is 36.4 Å². The maximum Gasteiger partial charge on any atom is 0.198 e. The van der Waals surface area contributed by atoms with Gasteiger partial charge in [0.1, 0.15) is 11.4 Å². The lowest BCUT2D eigenvalue weighted by molar-refractivity contribution is 0.0327. The molecule has 2 rings (SSSR count). The first-order valence-corrected chi connectivity index (χ1v) is 6.12. The molecule has 0 spiro atoms. The fourth-order valence-corrected chi connectivity index (χ4v) is 2.10. The van der Waals surface area contributed by atoms with Crippen LogP contribution in [0.2, 0.25) is 0 Å². The van der Waals surface area contributed by atoms with Gasteiger partial charge in [0.15, 0.2) is 11.6 Å². The van der Waals surface area contributed by atoms with Crippen LogP contribution in [0.15, 0.2) is 24.8 Å². The monoisotopic (exact) mass is 262 g/mol. The maximum absolute atomic E-state index is 12.0. The summed E-state index contributed by atoms with van der Waals surface area (Å²) in [6.07, 6.45) is 7.25. The summed E-state index contributed by atoms with van der Waals surface area (Å²) in [4.78, 5) is 20.1. The van der Waals surface area contributed by atoms with Crippen molar-refractivity contribution in [2.24, 2.45) is 14.1 Å². The number of aryl methyl sites for hydroxylation is 2. The SMILES string of the molecule is Cn1ccnc1C(=O)CCC(C)(O)c1nccn1C. The molecule has 6 heteroatoms. The molecule has 0 radical (unpaired) electrons. The molecule has 102 valence electrons. The van der Waals surface area contributed by atoms with E-state index in [2.05, 4.69) is 9.97 Å². The summed E-state index contributed by atoms with van der Waals surface area (Å²) in [7, 11) is 3.59. The first-order valence-electron chi connectivity index (χ1n) is 6.12. The molecule has 0 amide bonds. The molecule has 2 aromatic heterocycles. The molecule has 1 atom stereocenters. The lowest BCUT2D eigenvalue weighted by Gasteiger charge is -2.22. The zero-order chi connectivity index (χ0) is 14.0. The predicted octanol–water partition coefficient (Wildman–Crippen LogP) is 1.02. The number of ketones is 1. The highest BCUT2D eigenvalue weighted by atomic mass is 16.3. The minimum Gasteiger partial charge on any atom is -0.382 e. The van der Waals surface area contributed by atoms with Gasteiger partial charge in [-0.25, -0.2) is 9.97 Å². The summed E-state index contributed by atoms with van der Waals surface area (Å²) in [6, 6.07) is 0. The van der Waals surface area contributed by atoms with Crippen LogP contribution in [0.3, 0.4) is 0 Å². The molecule has 0 saturated heterocycles. The number of hydrogen-bond donors (Lipinski definition) is 1. The minimum atomic E-state index is -1.13. The first-order chi connectivity index (χ1) is 8.92. The van der Waals surface area contributed by atoms with E-state index in [-0.39, 0.29) is 12.2 Å². The molecule has 0 aliphatic carbocycles. The van der Waals surface area contributed by atoms with E-state index in [1.807, 2.05) is 7.05 Å². The highest BCUT2D eigenvalue weighted by Gasteiger charge is 2.28. The Morgan fingerprint density at radius 2 is 1.89 bits per heavy atom. The lowest BCUT2D eigenvalue weighted by Crippen LogP contribution is -2.26. The molecule has 19 heavy (non-hydrogen) atoms. The van der Waals surface area contributed by atoms with Crippen LogP contribution in [0.5, 0.6) is 0 Å². The van der Waals surface area contributed by atoms with Gasteiger partial charge in [-0.05, 0) is 13.3 Å². The van der Waals surface area contributed by atoms with Gasteiger partial charge in [0, 0.05) is 45.3 Å². The van der Waals surface area contributed by atoms with Gasteiger partial charge in [-0.15, -0.1) is 0 Å². The summed E-state index contributed by atoms with van der Waals surface area (Å²) in [5.41, 5.74) is -1.13. The van der Waals surface area contributed by atoms with Crippen LogP contribution in [0.1, 0.15) is 36.2 Å². The van der Waals surface area contributed by atoms with Crippen molar-refractivity contribution in [2.45, 2.75) is 25.4 Å². The molecular weight excluding hydrogens is 244 g/mol. The Kier molecular flexibility index (Phi) is 3.53. The number of imidazole rings is 2. The van der Waals surface area contributed by atoms with Gasteiger partial charge in [0.2, 0.25) is 0 Å². The van der Waals surface area contributed by atoms with E-state index in [0.717, 1.165) is 0 Å². The largest absolute Gasteiger partial charge is 0.382 e. The Labute approximate surface area is 111 Å². The van der Waals surface area contributed by atoms with Crippen LogP contribution in [0, 0.1) is 0 Å². The number of aromatic nitrogens is 4. The molecule has 0 aliphatic heterocycles. The van der Waals surface area contributed by atoms with E-state index in [0.29, 0.717) is 18.1 Å². The molecule has 0 aliphatic rings. The van der Waals surface area contributed by atoms with Crippen LogP contribution >= 0.6 is 0 Å². The van der Waals surface area contributed by atoms with Crippen LogP contribution in [0.25, 0.3) is 0 Å². The predicted molar refractivity (Wildman–Crippen MR) is 69.6 cm³/mol. The summed E-state index contributed by atoms with van der Waals surface area (Å²) in [6.45, 7) is 1.67. The van der Waals surface area contributed by atoms with Crippen molar-refractivity contribution in [3.63, 3.8) is 0 Å². The van der Waals surface area contributed by atoms with Crippen LogP contribution < -0.4 is 0 Å². The molecular formula is C13H18N4O2. The van der Waals surface area contributed by atoms with Gasteiger partial charge in [-0.2, -0.15) is 0 Å². The molecule has 2 aromatic rings.